The van der Waals surface area contributed by atoms with Gasteiger partial charge in [-0.25, -0.2) is 22.7 Å². The highest BCUT2D eigenvalue weighted by Crippen LogP contribution is 2.45. The number of rotatable bonds is 8. The van der Waals surface area contributed by atoms with Crippen LogP contribution in [-0.2, 0) is 23.6 Å². The first kappa shape index (κ1) is 24.3. The minimum absolute atomic E-state index is 0.0624. The second-order valence-corrected chi connectivity index (χ2v) is 11.1. The van der Waals surface area contributed by atoms with Crippen LogP contribution in [0.3, 0.4) is 0 Å². The SMILES string of the molecule is CN(C)S(=O)(=O)C1(COc2nccc3cc(C(=O)NCc4ccc(C#N)nc4)c(=O)n(C)c23)CC1. The van der Waals surface area contributed by atoms with Gasteiger partial charge in [0, 0.05) is 45.5 Å². The van der Waals surface area contributed by atoms with Crippen LogP contribution >= 0.6 is 0 Å². The van der Waals surface area contributed by atoms with Crippen molar-refractivity contribution in [2.45, 2.75) is 24.1 Å². The number of nitrogens with one attached hydrogen (secondary N) is 1. The number of nitriles is 1. The molecule has 0 atom stereocenters. The standard InChI is InChI=1S/C23H24N6O5S/c1-28(2)35(32,33)23(7-8-23)14-34-21-19-16(6-9-25-21)10-18(22(31)29(19)3)20(30)27-13-15-4-5-17(11-24)26-12-15/h4-6,9-10,12H,7-8,13-14H2,1-3H3,(H,27,30). The summed E-state index contributed by atoms with van der Waals surface area (Å²) in [5, 5.41) is 12.1. The summed E-state index contributed by atoms with van der Waals surface area (Å²) in [7, 11) is 0.956. The first-order valence-corrected chi connectivity index (χ1v) is 12.2. The van der Waals surface area contributed by atoms with Gasteiger partial charge in [0.05, 0.1) is 0 Å². The van der Waals surface area contributed by atoms with Crippen molar-refractivity contribution in [3.05, 3.63) is 63.8 Å². The van der Waals surface area contributed by atoms with Gasteiger partial charge in [0.1, 0.15) is 34.2 Å². The normalized spacial score (nSPS) is 14.5. The van der Waals surface area contributed by atoms with Crippen LogP contribution < -0.4 is 15.6 Å². The summed E-state index contributed by atoms with van der Waals surface area (Å²) < 4.78 is 32.6. The molecule has 1 fully saturated rings. The van der Waals surface area contributed by atoms with Gasteiger partial charge < -0.3 is 14.6 Å². The van der Waals surface area contributed by atoms with Crippen molar-refractivity contribution in [3.63, 3.8) is 0 Å². The minimum Gasteiger partial charge on any atom is -0.474 e. The van der Waals surface area contributed by atoms with Gasteiger partial charge in [-0.15, -0.1) is 0 Å². The zero-order chi connectivity index (χ0) is 25.4. The summed E-state index contributed by atoms with van der Waals surface area (Å²) in [6, 6.07) is 8.24. The largest absolute Gasteiger partial charge is 0.474 e. The monoisotopic (exact) mass is 496 g/mol. The van der Waals surface area contributed by atoms with Crippen molar-refractivity contribution < 1.29 is 17.9 Å². The van der Waals surface area contributed by atoms with Crippen LogP contribution in [0.5, 0.6) is 5.88 Å². The van der Waals surface area contributed by atoms with Crippen LogP contribution in [-0.4, -0.2) is 58.6 Å². The lowest BCUT2D eigenvalue weighted by Crippen LogP contribution is -2.39. The molecular formula is C23H24N6O5S. The first-order chi connectivity index (χ1) is 16.6. The lowest BCUT2D eigenvalue weighted by atomic mass is 10.1. The van der Waals surface area contributed by atoms with Gasteiger partial charge in [0.25, 0.3) is 11.5 Å². The third-order valence-electron chi connectivity index (χ3n) is 6.04. The zero-order valence-electron chi connectivity index (χ0n) is 19.5. The lowest BCUT2D eigenvalue weighted by Gasteiger charge is -2.21. The Morgan fingerprint density at radius 2 is 2.03 bits per heavy atom. The molecule has 0 bridgehead atoms. The molecule has 0 aliphatic heterocycles. The van der Waals surface area contributed by atoms with E-state index >= 15 is 0 Å². The van der Waals surface area contributed by atoms with Gasteiger partial charge in [-0.05, 0) is 36.6 Å². The van der Waals surface area contributed by atoms with Crippen LogP contribution in [0.4, 0.5) is 0 Å². The summed E-state index contributed by atoms with van der Waals surface area (Å²) in [4.78, 5) is 33.9. The van der Waals surface area contributed by atoms with Crippen molar-refractivity contribution >= 4 is 26.8 Å². The van der Waals surface area contributed by atoms with Crippen molar-refractivity contribution in [3.8, 4) is 11.9 Å². The molecule has 3 aromatic heterocycles. The Balaban J connectivity index is 1.57. The number of sulfonamides is 1. The van der Waals surface area contributed by atoms with E-state index in [-0.39, 0.29) is 30.3 Å². The molecular weight excluding hydrogens is 472 g/mol. The van der Waals surface area contributed by atoms with Crippen LogP contribution in [0.2, 0.25) is 0 Å². The van der Waals surface area contributed by atoms with Gasteiger partial charge in [-0.3, -0.25) is 9.59 Å². The Morgan fingerprint density at radius 3 is 2.63 bits per heavy atom. The van der Waals surface area contributed by atoms with Crippen LogP contribution in [0.15, 0.2) is 41.5 Å². The Kier molecular flexibility index (Phi) is 6.31. The molecule has 0 saturated heterocycles. The molecule has 12 heteroatoms. The van der Waals surface area contributed by atoms with E-state index in [4.69, 9.17) is 10.00 Å². The molecule has 0 radical (unpaired) electrons. The van der Waals surface area contributed by atoms with E-state index in [0.717, 1.165) is 0 Å². The number of aromatic nitrogens is 3. The van der Waals surface area contributed by atoms with Gasteiger partial charge in [-0.2, -0.15) is 5.26 Å². The molecule has 0 spiro atoms. The van der Waals surface area contributed by atoms with Gasteiger partial charge >= 0.3 is 0 Å². The van der Waals surface area contributed by atoms with Crippen molar-refractivity contribution in [1.29, 1.82) is 5.26 Å². The number of fused-ring (bicyclic) bond motifs is 1. The molecule has 1 aliphatic rings. The second-order valence-electron chi connectivity index (χ2n) is 8.58. The third kappa shape index (κ3) is 4.48. The highest BCUT2D eigenvalue weighted by molar-refractivity contribution is 7.90. The molecule has 3 aromatic rings. The number of pyridine rings is 3. The quantitative estimate of drug-likeness (QED) is 0.484. The Bertz CT molecular complexity index is 1500. The highest BCUT2D eigenvalue weighted by atomic mass is 32.2. The number of aryl methyl sites for hydroxylation is 1. The predicted octanol–water partition coefficient (Wildman–Crippen LogP) is 0.933. The van der Waals surface area contributed by atoms with Crippen molar-refractivity contribution in [1.82, 2.24) is 24.2 Å². The van der Waals surface area contributed by atoms with E-state index in [1.165, 1.54) is 48.5 Å². The average molecular weight is 497 g/mol. The topological polar surface area (TPSA) is 147 Å². The third-order valence-corrected chi connectivity index (χ3v) is 8.62. The maximum Gasteiger partial charge on any atom is 0.263 e. The Morgan fingerprint density at radius 1 is 1.29 bits per heavy atom. The maximum absolute atomic E-state index is 13.0. The number of hydrogen-bond donors (Lipinski definition) is 1. The summed E-state index contributed by atoms with van der Waals surface area (Å²) in [6.07, 6.45) is 3.93. The molecule has 182 valence electrons. The fourth-order valence-electron chi connectivity index (χ4n) is 3.75. The molecule has 1 aliphatic carbocycles. The van der Waals surface area contributed by atoms with E-state index < -0.39 is 26.2 Å². The molecule has 0 aromatic carbocycles. The second kappa shape index (κ2) is 9.09. The van der Waals surface area contributed by atoms with E-state index in [1.54, 1.807) is 18.2 Å². The van der Waals surface area contributed by atoms with Crippen molar-refractivity contribution in [2.24, 2.45) is 7.05 Å². The zero-order valence-corrected chi connectivity index (χ0v) is 20.3. The fourth-order valence-corrected chi connectivity index (χ4v) is 5.35. The van der Waals surface area contributed by atoms with Crippen LogP contribution in [0.25, 0.3) is 10.9 Å². The Labute approximate surface area is 202 Å². The molecule has 0 unspecified atom stereocenters. The summed E-state index contributed by atoms with van der Waals surface area (Å²) >= 11 is 0. The minimum atomic E-state index is -3.52. The van der Waals surface area contributed by atoms with E-state index in [0.29, 0.717) is 29.3 Å². The van der Waals surface area contributed by atoms with Gasteiger partial charge in [0.2, 0.25) is 15.9 Å². The maximum atomic E-state index is 13.0. The molecule has 4 rings (SSSR count). The highest BCUT2D eigenvalue weighted by Gasteiger charge is 2.56. The molecule has 35 heavy (non-hydrogen) atoms. The van der Waals surface area contributed by atoms with Crippen LogP contribution in [0.1, 0.15) is 34.5 Å². The molecule has 1 N–H and O–H groups in total. The summed E-state index contributed by atoms with van der Waals surface area (Å²) in [5.74, 6) is -0.442. The van der Waals surface area contributed by atoms with Crippen LogP contribution in [0, 0.1) is 11.3 Å². The lowest BCUT2D eigenvalue weighted by molar-refractivity contribution is 0.0949. The summed E-state index contributed by atoms with van der Waals surface area (Å²) in [5.41, 5.74) is 0.697. The number of amides is 1. The summed E-state index contributed by atoms with van der Waals surface area (Å²) in [6.45, 7) is 0.0422. The number of hydrogen-bond acceptors (Lipinski definition) is 8. The van der Waals surface area contributed by atoms with E-state index in [1.807, 2.05) is 6.07 Å². The fraction of sp³-hybridized carbons (Fsp3) is 0.348. The average Bonchev–Trinajstić information content (AvgIpc) is 3.65. The molecule has 1 saturated carbocycles. The molecule has 1 amide bonds. The molecule has 11 nitrogen and oxygen atoms in total. The number of nitrogens with zero attached hydrogens (tertiary/aromatic N) is 5. The first-order valence-electron chi connectivity index (χ1n) is 10.8. The van der Waals surface area contributed by atoms with E-state index in [9.17, 15) is 18.0 Å². The number of carbonyl (C=O) groups excluding carboxylic acids is 1. The smallest absolute Gasteiger partial charge is 0.263 e. The van der Waals surface area contributed by atoms with E-state index in [2.05, 4.69) is 15.3 Å². The molecule has 3 heterocycles. The van der Waals surface area contributed by atoms with Crippen molar-refractivity contribution in [2.75, 3.05) is 20.7 Å². The Hall–Kier alpha value is -3.82. The number of carbonyl (C=O) groups is 1. The number of ether oxygens (including phenoxy) is 1. The van der Waals surface area contributed by atoms with Gasteiger partial charge in [0.15, 0.2) is 0 Å². The van der Waals surface area contributed by atoms with Gasteiger partial charge in [-0.1, -0.05) is 6.07 Å². The predicted molar refractivity (Wildman–Crippen MR) is 127 cm³/mol.